The van der Waals surface area contributed by atoms with Crippen LogP contribution in [0, 0.1) is 5.41 Å². The lowest BCUT2D eigenvalue weighted by Crippen LogP contribution is -2.56. The number of methoxy groups -OCH3 is 2. The van der Waals surface area contributed by atoms with E-state index in [0.29, 0.717) is 19.8 Å². The molecule has 0 aromatic heterocycles. The molecule has 1 aliphatic heterocycles. The predicted octanol–water partition coefficient (Wildman–Crippen LogP) is 1.32. The monoisotopic (exact) mass is 265 g/mol. The molecule has 5 heteroatoms. The lowest BCUT2D eigenvalue weighted by Gasteiger charge is -2.41. The third-order valence-corrected chi connectivity index (χ3v) is 3.43. The molecule has 0 N–H and O–H groups in total. The Labute approximate surface area is 113 Å². The van der Waals surface area contributed by atoms with E-state index in [1.165, 1.54) is 7.11 Å². The second-order valence-electron chi connectivity index (χ2n) is 4.82. The summed E-state index contributed by atoms with van der Waals surface area (Å²) in [4.78, 5) is 13.9. The highest BCUT2D eigenvalue weighted by Gasteiger charge is 2.48. The molecule has 0 amide bonds. The summed E-state index contributed by atoms with van der Waals surface area (Å²) in [6, 6.07) is 7.72. The highest BCUT2D eigenvalue weighted by atomic mass is 16.5. The summed E-state index contributed by atoms with van der Waals surface area (Å²) in [5, 5.41) is 0. The Hall–Kier alpha value is -1.75. The molecule has 1 saturated heterocycles. The second-order valence-corrected chi connectivity index (χ2v) is 4.82. The maximum absolute atomic E-state index is 11.8. The number of nitrogens with zero attached hydrogens (tertiary/aromatic N) is 1. The van der Waals surface area contributed by atoms with Gasteiger partial charge in [-0.3, -0.25) is 4.79 Å². The van der Waals surface area contributed by atoms with Crippen molar-refractivity contribution in [2.24, 2.45) is 5.41 Å². The van der Waals surface area contributed by atoms with Crippen molar-refractivity contribution in [3.05, 3.63) is 24.3 Å². The molecule has 1 heterocycles. The van der Waals surface area contributed by atoms with Crippen molar-refractivity contribution in [3.8, 4) is 5.75 Å². The van der Waals surface area contributed by atoms with Gasteiger partial charge in [0.05, 0.1) is 27.4 Å². The molecule has 19 heavy (non-hydrogen) atoms. The van der Waals surface area contributed by atoms with E-state index in [0.717, 1.165) is 11.4 Å². The van der Waals surface area contributed by atoms with Crippen molar-refractivity contribution in [3.63, 3.8) is 0 Å². The maximum atomic E-state index is 11.8. The van der Waals surface area contributed by atoms with Crippen molar-refractivity contribution < 1.29 is 19.0 Å². The number of carbonyl (C=O) groups excluding carboxylic acids is 1. The van der Waals surface area contributed by atoms with Crippen LogP contribution in [0.25, 0.3) is 0 Å². The highest BCUT2D eigenvalue weighted by molar-refractivity contribution is 5.79. The van der Waals surface area contributed by atoms with Crippen LogP contribution in [0.4, 0.5) is 5.69 Å². The molecule has 104 valence electrons. The van der Waals surface area contributed by atoms with E-state index in [-0.39, 0.29) is 5.97 Å². The molecular formula is C14H19NO4. The Bertz CT molecular complexity index is 439. The minimum atomic E-state index is -0.538. The number of hydrogen-bond acceptors (Lipinski definition) is 5. The van der Waals surface area contributed by atoms with Crippen molar-refractivity contribution in [1.82, 2.24) is 0 Å². The number of benzene rings is 1. The Balaban J connectivity index is 2.06. The van der Waals surface area contributed by atoms with Gasteiger partial charge in [0.2, 0.25) is 0 Å². The average molecular weight is 265 g/mol. The molecule has 0 saturated carbocycles. The smallest absolute Gasteiger partial charge is 0.318 e. The number of anilines is 1. The van der Waals surface area contributed by atoms with Crippen molar-refractivity contribution >= 4 is 11.7 Å². The van der Waals surface area contributed by atoms with E-state index in [2.05, 4.69) is 0 Å². The quantitative estimate of drug-likeness (QED) is 0.751. The fraction of sp³-hybridized carbons (Fsp3) is 0.500. The minimum absolute atomic E-state index is 0.209. The van der Waals surface area contributed by atoms with Crippen molar-refractivity contribution in [2.75, 3.05) is 45.9 Å². The molecule has 1 aromatic rings. The Morgan fingerprint density at radius 2 is 1.95 bits per heavy atom. The van der Waals surface area contributed by atoms with Crippen LogP contribution >= 0.6 is 0 Å². The molecule has 5 nitrogen and oxygen atoms in total. The third-order valence-electron chi connectivity index (χ3n) is 3.43. The Morgan fingerprint density at radius 1 is 1.32 bits per heavy atom. The van der Waals surface area contributed by atoms with Gasteiger partial charge in [0.25, 0.3) is 0 Å². The Kier molecular flexibility index (Phi) is 3.95. The number of rotatable bonds is 5. The molecule has 1 aromatic carbocycles. The zero-order valence-corrected chi connectivity index (χ0v) is 11.5. The minimum Gasteiger partial charge on any atom is -0.497 e. The molecule has 0 aliphatic carbocycles. The van der Waals surface area contributed by atoms with Crippen LogP contribution in [0.15, 0.2) is 24.3 Å². The van der Waals surface area contributed by atoms with Gasteiger partial charge in [0.15, 0.2) is 0 Å². The van der Waals surface area contributed by atoms with Gasteiger partial charge >= 0.3 is 5.97 Å². The molecule has 0 unspecified atom stereocenters. The summed E-state index contributed by atoms with van der Waals surface area (Å²) in [7, 11) is 5.00. The van der Waals surface area contributed by atoms with Crippen LogP contribution in [0.5, 0.6) is 5.75 Å². The lowest BCUT2D eigenvalue weighted by molar-refractivity contribution is -0.180. The van der Waals surface area contributed by atoms with Crippen LogP contribution < -0.4 is 9.64 Å². The number of carbonyl (C=O) groups is 1. The van der Waals surface area contributed by atoms with E-state index >= 15 is 0 Å². The number of ether oxygens (including phenoxy) is 3. The predicted molar refractivity (Wildman–Crippen MR) is 71.5 cm³/mol. The van der Waals surface area contributed by atoms with Gasteiger partial charge in [-0.2, -0.15) is 0 Å². The van der Waals surface area contributed by atoms with Gasteiger partial charge in [-0.1, -0.05) is 0 Å². The first-order valence-electron chi connectivity index (χ1n) is 6.13. The van der Waals surface area contributed by atoms with Gasteiger partial charge < -0.3 is 19.1 Å². The van der Waals surface area contributed by atoms with Crippen LogP contribution in [0.3, 0.4) is 0 Å². The molecule has 0 bridgehead atoms. The zero-order valence-electron chi connectivity index (χ0n) is 11.5. The van der Waals surface area contributed by atoms with Crippen LogP contribution in [-0.4, -0.2) is 47.0 Å². The van der Waals surface area contributed by atoms with Crippen LogP contribution in [-0.2, 0) is 14.3 Å². The topological polar surface area (TPSA) is 48.0 Å². The summed E-state index contributed by atoms with van der Waals surface area (Å²) in [6.45, 7) is 1.41. The summed E-state index contributed by atoms with van der Waals surface area (Å²) in [5.41, 5.74) is 0.486. The summed E-state index contributed by atoms with van der Waals surface area (Å²) >= 11 is 0. The SMILES string of the molecule is COC(=O)C1(CN(C)c2ccc(OC)cc2)COC1. The van der Waals surface area contributed by atoms with E-state index in [1.807, 2.05) is 36.2 Å². The number of esters is 1. The third kappa shape index (κ3) is 2.66. The summed E-state index contributed by atoms with van der Waals surface area (Å²) < 4.78 is 15.2. The Morgan fingerprint density at radius 3 is 2.37 bits per heavy atom. The standard InChI is InChI=1S/C14H19NO4/c1-15(11-4-6-12(17-2)7-5-11)8-14(9-19-10-14)13(16)18-3/h4-7H,8-10H2,1-3H3. The summed E-state index contributed by atoms with van der Waals surface area (Å²) in [6.07, 6.45) is 0. The van der Waals surface area contributed by atoms with Crippen molar-refractivity contribution in [1.29, 1.82) is 0 Å². The van der Waals surface area contributed by atoms with Gasteiger partial charge in [-0.25, -0.2) is 0 Å². The largest absolute Gasteiger partial charge is 0.497 e. The van der Waals surface area contributed by atoms with E-state index in [4.69, 9.17) is 14.2 Å². The molecule has 2 rings (SSSR count). The van der Waals surface area contributed by atoms with E-state index in [9.17, 15) is 4.79 Å². The van der Waals surface area contributed by atoms with Crippen LogP contribution in [0.2, 0.25) is 0 Å². The highest BCUT2D eigenvalue weighted by Crippen LogP contribution is 2.31. The lowest BCUT2D eigenvalue weighted by atomic mass is 9.85. The molecule has 0 radical (unpaired) electrons. The molecule has 1 aliphatic rings. The van der Waals surface area contributed by atoms with Gasteiger partial charge in [0, 0.05) is 19.3 Å². The molecule has 0 atom stereocenters. The van der Waals surface area contributed by atoms with Gasteiger partial charge in [0.1, 0.15) is 11.2 Å². The average Bonchev–Trinajstić information content (AvgIpc) is 2.41. The first-order chi connectivity index (χ1) is 9.11. The van der Waals surface area contributed by atoms with Crippen molar-refractivity contribution in [2.45, 2.75) is 0 Å². The first kappa shape index (κ1) is 13.7. The maximum Gasteiger partial charge on any atom is 0.318 e. The summed E-state index contributed by atoms with van der Waals surface area (Å²) in [5.74, 6) is 0.603. The zero-order chi connectivity index (χ0) is 13.9. The van der Waals surface area contributed by atoms with Crippen LogP contribution in [0.1, 0.15) is 0 Å². The number of hydrogen-bond donors (Lipinski definition) is 0. The first-order valence-corrected chi connectivity index (χ1v) is 6.13. The normalized spacial score (nSPS) is 16.4. The fourth-order valence-electron chi connectivity index (χ4n) is 2.22. The second kappa shape index (κ2) is 5.48. The molecule has 1 fully saturated rings. The molecular weight excluding hydrogens is 246 g/mol. The van der Waals surface area contributed by atoms with Gasteiger partial charge in [-0.05, 0) is 24.3 Å². The van der Waals surface area contributed by atoms with E-state index < -0.39 is 5.41 Å². The van der Waals surface area contributed by atoms with Gasteiger partial charge in [-0.15, -0.1) is 0 Å². The van der Waals surface area contributed by atoms with E-state index in [1.54, 1.807) is 7.11 Å². The fourth-order valence-corrected chi connectivity index (χ4v) is 2.22. The molecule has 0 spiro atoms.